The molecule has 0 aromatic carbocycles. The maximum absolute atomic E-state index is 12.3. The highest BCUT2D eigenvalue weighted by Gasteiger charge is 2.05. The zero-order chi connectivity index (χ0) is 8.15. The van der Waals surface area contributed by atoms with E-state index in [-0.39, 0.29) is 0 Å². The Kier molecular flexibility index (Phi) is 3.06. The maximum Gasteiger partial charge on any atom is 0.175 e. The first-order valence-electron chi connectivity index (χ1n) is 2.40. The average molecular weight is 141 g/mol. The molecular weight excluding hydrogens is 136 g/mol. The molecule has 0 aliphatic carbocycles. The predicted octanol–water partition coefficient (Wildman–Crippen LogP) is 2.40. The van der Waals surface area contributed by atoms with Crippen molar-refractivity contribution in [3.63, 3.8) is 0 Å². The van der Waals surface area contributed by atoms with Gasteiger partial charge in [-0.1, -0.05) is 13.2 Å². The van der Waals surface area contributed by atoms with Gasteiger partial charge in [0, 0.05) is 0 Å². The fourth-order valence-electron chi connectivity index (χ4n) is 0.283. The van der Waals surface area contributed by atoms with E-state index in [0.29, 0.717) is 6.08 Å². The van der Waals surface area contributed by atoms with Crippen LogP contribution < -0.4 is 0 Å². The van der Waals surface area contributed by atoms with Gasteiger partial charge in [0.1, 0.15) is 6.07 Å². The Balaban J connectivity index is 4.67. The molecule has 0 N–H and O–H groups in total. The van der Waals surface area contributed by atoms with Gasteiger partial charge in [0.05, 0.1) is 5.57 Å². The molecule has 0 aromatic rings. The Labute approximate surface area is 57.6 Å². The number of nitrogens with zero attached hydrogens (tertiary/aromatic N) is 1. The van der Waals surface area contributed by atoms with E-state index in [9.17, 15) is 8.78 Å². The van der Waals surface area contributed by atoms with Gasteiger partial charge in [-0.05, 0) is 6.08 Å². The Morgan fingerprint density at radius 2 is 2.00 bits per heavy atom. The summed E-state index contributed by atoms with van der Waals surface area (Å²) < 4.78 is 24.4. The second-order valence-corrected chi connectivity index (χ2v) is 1.46. The van der Waals surface area contributed by atoms with Gasteiger partial charge < -0.3 is 0 Å². The van der Waals surface area contributed by atoms with E-state index >= 15 is 0 Å². The van der Waals surface area contributed by atoms with Crippen LogP contribution in [-0.2, 0) is 0 Å². The van der Waals surface area contributed by atoms with E-state index in [4.69, 9.17) is 5.26 Å². The summed E-state index contributed by atoms with van der Waals surface area (Å²) in [6, 6.07) is 1.36. The van der Waals surface area contributed by atoms with E-state index in [1.54, 1.807) is 0 Å². The molecule has 0 saturated heterocycles. The lowest BCUT2D eigenvalue weighted by molar-refractivity contribution is 0.568. The minimum absolute atomic E-state index is 0.530. The lowest BCUT2D eigenvalue weighted by atomic mass is 10.2. The fraction of sp³-hybridized carbons (Fsp3) is 0. The van der Waals surface area contributed by atoms with Crippen molar-refractivity contribution in [1.29, 1.82) is 5.26 Å². The van der Waals surface area contributed by atoms with Gasteiger partial charge in [-0.3, -0.25) is 0 Å². The van der Waals surface area contributed by atoms with E-state index in [1.807, 2.05) is 0 Å². The fourth-order valence-corrected chi connectivity index (χ4v) is 0.283. The minimum Gasteiger partial charge on any atom is -0.204 e. The topological polar surface area (TPSA) is 23.8 Å². The largest absolute Gasteiger partial charge is 0.204 e. The van der Waals surface area contributed by atoms with Gasteiger partial charge >= 0.3 is 0 Å². The molecule has 0 aliphatic rings. The Bertz CT molecular complexity index is 232. The minimum atomic E-state index is -1.25. The third kappa shape index (κ3) is 1.82. The standard InChI is InChI=1S/C7H5F2N/c1-3-6(8)7(9)5(2)4-10/h3H,1-2H2/b7-6-. The highest BCUT2D eigenvalue weighted by Crippen LogP contribution is 2.15. The summed E-state index contributed by atoms with van der Waals surface area (Å²) in [5.41, 5.74) is -0.530. The third-order valence-corrected chi connectivity index (χ3v) is 0.789. The number of allylic oxidation sites excluding steroid dienone is 4. The second kappa shape index (κ2) is 3.57. The van der Waals surface area contributed by atoms with Crippen molar-refractivity contribution < 1.29 is 8.78 Å². The zero-order valence-electron chi connectivity index (χ0n) is 5.19. The van der Waals surface area contributed by atoms with Crippen LogP contribution in [0, 0.1) is 11.3 Å². The smallest absolute Gasteiger partial charge is 0.175 e. The first kappa shape index (κ1) is 8.57. The molecule has 0 unspecified atom stereocenters. The molecule has 10 heavy (non-hydrogen) atoms. The maximum atomic E-state index is 12.3. The number of rotatable bonds is 2. The lowest BCUT2D eigenvalue weighted by Crippen LogP contribution is -1.79. The van der Waals surface area contributed by atoms with Gasteiger partial charge in [-0.15, -0.1) is 0 Å². The van der Waals surface area contributed by atoms with E-state index < -0.39 is 17.2 Å². The molecule has 0 spiro atoms. The molecule has 0 amide bonds. The highest BCUT2D eigenvalue weighted by molar-refractivity contribution is 5.38. The zero-order valence-corrected chi connectivity index (χ0v) is 5.19. The van der Waals surface area contributed by atoms with Gasteiger partial charge in [0.2, 0.25) is 0 Å². The van der Waals surface area contributed by atoms with Crippen molar-refractivity contribution in [2.24, 2.45) is 0 Å². The van der Waals surface area contributed by atoms with Crippen molar-refractivity contribution in [2.75, 3.05) is 0 Å². The summed E-state index contributed by atoms with van der Waals surface area (Å²) in [5, 5.41) is 8.02. The summed E-state index contributed by atoms with van der Waals surface area (Å²) in [4.78, 5) is 0. The van der Waals surface area contributed by atoms with E-state index in [2.05, 4.69) is 13.2 Å². The van der Waals surface area contributed by atoms with Crippen LogP contribution >= 0.6 is 0 Å². The quantitative estimate of drug-likeness (QED) is 0.428. The summed E-state index contributed by atoms with van der Waals surface area (Å²) in [6.45, 7) is 5.94. The van der Waals surface area contributed by atoms with Gasteiger partial charge in [0.15, 0.2) is 11.7 Å². The monoisotopic (exact) mass is 141 g/mol. The summed E-state index contributed by atoms with van der Waals surface area (Å²) >= 11 is 0. The van der Waals surface area contributed by atoms with Crippen molar-refractivity contribution in [3.8, 4) is 6.07 Å². The molecule has 0 aromatic heterocycles. The van der Waals surface area contributed by atoms with Crippen LogP contribution in [0.5, 0.6) is 0 Å². The Morgan fingerprint density at radius 1 is 1.50 bits per heavy atom. The van der Waals surface area contributed by atoms with E-state index in [0.717, 1.165) is 0 Å². The summed E-state index contributed by atoms with van der Waals surface area (Å²) in [6.07, 6.45) is 0.678. The molecule has 0 saturated carbocycles. The van der Waals surface area contributed by atoms with Crippen molar-refractivity contribution in [3.05, 3.63) is 36.5 Å². The number of nitriles is 1. The SMILES string of the molecule is C=C/C(F)=C(/F)C(=C)C#N. The summed E-state index contributed by atoms with van der Waals surface area (Å²) in [5.74, 6) is -2.41. The molecule has 0 rings (SSSR count). The molecular formula is C7H5F2N. The number of hydrogen-bond acceptors (Lipinski definition) is 1. The molecule has 52 valence electrons. The summed E-state index contributed by atoms with van der Waals surface area (Å²) in [7, 11) is 0. The molecule has 0 atom stereocenters. The van der Waals surface area contributed by atoms with Crippen LogP contribution in [0.15, 0.2) is 36.5 Å². The van der Waals surface area contributed by atoms with Crippen LogP contribution in [0.25, 0.3) is 0 Å². The highest BCUT2D eigenvalue weighted by atomic mass is 19.2. The average Bonchev–Trinajstić information content (AvgIpc) is 2.00. The third-order valence-electron chi connectivity index (χ3n) is 0.789. The Hall–Kier alpha value is -1.43. The van der Waals surface area contributed by atoms with Crippen molar-refractivity contribution in [2.45, 2.75) is 0 Å². The molecule has 0 bridgehead atoms. The van der Waals surface area contributed by atoms with Gasteiger partial charge in [-0.2, -0.15) is 5.26 Å². The lowest BCUT2D eigenvalue weighted by Gasteiger charge is -1.89. The first-order valence-corrected chi connectivity index (χ1v) is 2.40. The molecule has 0 fully saturated rings. The predicted molar refractivity (Wildman–Crippen MR) is 34.2 cm³/mol. The normalized spacial score (nSPS) is 11.3. The van der Waals surface area contributed by atoms with Gasteiger partial charge in [0.25, 0.3) is 0 Å². The number of halogens is 2. The van der Waals surface area contributed by atoms with Crippen molar-refractivity contribution in [1.82, 2.24) is 0 Å². The number of hydrogen-bond donors (Lipinski definition) is 0. The van der Waals surface area contributed by atoms with Crippen molar-refractivity contribution >= 4 is 0 Å². The van der Waals surface area contributed by atoms with Gasteiger partial charge in [-0.25, -0.2) is 8.78 Å². The molecule has 0 radical (unpaired) electrons. The molecule has 0 heterocycles. The van der Waals surface area contributed by atoms with Crippen LogP contribution in [0.3, 0.4) is 0 Å². The van der Waals surface area contributed by atoms with Crippen LogP contribution in [-0.4, -0.2) is 0 Å². The molecule has 3 heteroatoms. The molecule has 1 nitrogen and oxygen atoms in total. The van der Waals surface area contributed by atoms with E-state index in [1.165, 1.54) is 6.07 Å². The van der Waals surface area contributed by atoms with Crippen LogP contribution in [0.2, 0.25) is 0 Å². The Morgan fingerprint density at radius 3 is 2.30 bits per heavy atom. The van der Waals surface area contributed by atoms with Crippen LogP contribution in [0.1, 0.15) is 0 Å². The second-order valence-electron chi connectivity index (χ2n) is 1.46. The van der Waals surface area contributed by atoms with Crippen LogP contribution in [0.4, 0.5) is 8.78 Å². The molecule has 0 aliphatic heterocycles. The first-order chi connectivity index (χ1) is 4.63.